The first-order valence-electron chi connectivity index (χ1n) is 15.9. The maximum absolute atomic E-state index is 5.60. The summed E-state index contributed by atoms with van der Waals surface area (Å²) in [6.45, 7) is 10.7. The van der Waals surface area contributed by atoms with Crippen LogP contribution < -0.4 is 24.0 Å². The molecule has 4 aliphatic heterocycles. The van der Waals surface area contributed by atoms with Crippen molar-refractivity contribution in [2.75, 3.05) is 111 Å². The third-order valence-electron chi connectivity index (χ3n) is 7.94. The molecule has 4 aliphatic rings. The van der Waals surface area contributed by atoms with E-state index in [0.717, 1.165) is 99.6 Å². The van der Waals surface area contributed by atoms with Crippen molar-refractivity contribution in [3.63, 3.8) is 0 Å². The maximum atomic E-state index is 5.60. The largest absolute Gasteiger partial charge is 0.475 e. The summed E-state index contributed by atoms with van der Waals surface area (Å²) in [5.41, 5.74) is 4.22. The van der Waals surface area contributed by atoms with Gasteiger partial charge >= 0.3 is 0 Å². The molecule has 256 valence electrons. The van der Waals surface area contributed by atoms with E-state index < -0.39 is 0 Å². The summed E-state index contributed by atoms with van der Waals surface area (Å²) in [5, 5.41) is 24.7. The fraction of sp³-hybridized carbons (Fsp3) is 0.613. The molecular weight excluding hydrogens is 622 g/mol. The smallest absolute Gasteiger partial charge is 0.238 e. The van der Waals surface area contributed by atoms with E-state index in [0.29, 0.717) is 43.2 Å². The summed E-state index contributed by atoms with van der Waals surface area (Å²) in [4.78, 5) is 10.8. The zero-order valence-corrected chi connectivity index (χ0v) is 29.0. The minimum Gasteiger partial charge on any atom is -0.475 e. The summed E-state index contributed by atoms with van der Waals surface area (Å²) in [7, 11) is 10.1. The lowest BCUT2D eigenvalue weighted by molar-refractivity contribution is 0.122. The molecule has 3 aromatic heterocycles. The Kier molecular flexibility index (Phi) is 12.6. The Labute approximate surface area is 282 Å². The van der Waals surface area contributed by atoms with E-state index in [-0.39, 0.29) is 0 Å². The van der Waals surface area contributed by atoms with Crippen molar-refractivity contribution in [1.29, 1.82) is 0 Å². The van der Waals surface area contributed by atoms with Crippen molar-refractivity contribution in [2.45, 2.75) is 25.4 Å². The zero-order chi connectivity index (χ0) is 33.2. The molecule has 0 aromatic carbocycles. The summed E-state index contributed by atoms with van der Waals surface area (Å²) in [6, 6.07) is 6.14. The summed E-state index contributed by atoms with van der Waals surface area (Å²) >= 11 is 4.17. The number of morpholine rings is 1. The second kappa shape index (κ2) is 17.0. The summed E-state index contributed by atoms with van der Waals surface area (Å²) in [6.07, 6.45) is 0. The molecule has 0 N–H and O–H groups in total. The first kappa shape index (κ1) is 34.8. The van der Waals surface area contributed by atoms with Gasteiger partial charge in [-0.2, -0.15) is 17.7 Å². The van der Waals surface area contributed by atoms with Crippen molar-refractivity contribution < 1.29 is 18.9 Å². The molecule has 7 rings (SSSR count). The van der Waals surface area contributed by atoms with Gasteiger partial charge in [-0.1, -0.05) is 0 Å². The minimum absolute atomic E-state index is 0.615. The first-order valence-corrected chi connectivity index (χ1v) is 16.6. The molecule has 0 atom stereocenters. The maximum Gasteiger partial charge on any atom is 0.238 e. The van der Waals surface area contributed by atoms with Crippen LogP contribution in [0.1, 0.15) is 22.4 Å². The average molecular weight is 670 g/mol. The number of ether oxygens (including phenoxy) is 4. The van der Waals surface area contributed by atoms with Crippen LogP contribution in [-0.4, -0.2) is 146 Å². The highest BCUT2D eigenvalue weighted by molar-refractivity contribution is 7.79. The Hall–Kier alpha value is -3.57. The van der Waals surface area contributed by atoms with E-state index in [1.807, 2.05) is 31.1 Å². The molecule has 3 aromatic rings. The van der Waals surface area contributed by atoms with Crippen LogP contribution in [0.25, 0.3) is 0 Å². The van der Waals surface area contributed by atoms with Gasteiger partial charge in [-0.25, -0.2) is 0 Å². The van der Waals surface area contributed by atoms with Crippen molar-refractivity contribution >= 4 is 24.3 Å². The minimum atomic E-state index is 0.615. The van der Waals surface area contributed by atoms with Crippen LogP contribution in [0.15, 0.2) is 18.2 Å². The number of thiol groups is 1. The topological polar surface area (TPSA) is 130 Å². The fourth-order valence-corrected chi connectivity index (χ4v) is 5.39. The number of hydrogen-bond donors (Lipinski definition) is 1. The van der Waals surface area contributed by atoms with Gasteiger partial charge in [0.1, 0.15) is 19.8 Å². The highest BCUT2D eigenvalue weighted by Crippen LogP contribution is 2.24. The fourth-order valence-electron chi connectivity index (χ4n) is 5.23. The molecule has 0 saturated carbocycles. The molecule has 1 fully saturated rings. The highest BCUT2D eigenvalue weighted by Gasteiger charge is 2.19. The number of likely N-dealkylation sites (N-methyl/N-ethyl adjacent to an activating group) is 3. The van der Waals surface area contributed by atoms with Crippen LogP contribution in [0.5, 0.6) is 17.6 Å². The molecule has 1 saturated heterocycles. The Bertz CT molecular complexity index is 1450. The predicted octanol–water partition coefficient (Wildman–Crippen LogP) is 1.23. The predicted molar refractivity (Wildman–Crippen MR) is 182 cm³/mol. The molecule has 15 nitrogen and oxygen atoms in total. The normalized spacial score (nSPS) is 18.4. The number of aromatic nitrogens is 6. The third kappa shape index (κ3) is 9.96. The van der Waals surface area contributed by atoms with Gasteiger partial charge in [0, 0.05) is 88.9 Å². The molecular formula is C31H47N11O4S. The Morgan fingerprint density at radius 2 is 1.11 bits per heavy atom. The molecule has 7 heterocycles. The first-order chi connectivity index (χ1) is 22.8. The zero-order valence-electron chi connectivity index (χ0n) is 28.1. The molecule has 0 unspecified atom stereocenters. The molecule has 0 bridgehead atoms. The molecule has 16 heteroatoms. The summed E-state index contributed by atoms with van der Waals surface area (Å²) < 4.78 is 21.9. The van der Waals surface area contributed by atoms with E-state index in [4.69, 9.17) is 18.9 Å². The van der Waals surface area contributed by atoms with Crippen LogP contribution in [0.3, 0.4) is 0 Å². The third-order valence-corrected chi connectivity index (χ3v) is 8.26. The molecule has 47 heavy (non-hydrogen) atoms. The van der Waals surface area contributed by atoms with Crippen LogP contribution in [0.4, 0.5) is 11.6 Å². The van der Waals surface area contributed by atoms with Gasteiger partial charge in [-0.3, -0.25) is 14.7 Å². The van der Waals surface area contributed by atoms with Gasteiger partial charge in [0.05, 0.1) is 18.9 Å². The quantitative estimate of drug-likeness (QED) is 0.401. The lowest BCUT2D eigenvalue weighted by atomic mass is 10.2. The van der Waals surface area contributed by atoms with Crippen molar-refractivity contribution in [3.8, 4) is 17.6 Å². The second-order valence-corrected chi connectivity index (χ2v) is 12.5. The lowest BCUT2D eigenvalue weighted by Gasteiger charge is -2.27. The molecule has 0 amide bonds. The van der Waals surface area contributed by atoms with Crippen LogP contribution in [-0.2, 0) is 30.1 Å². The number of hydrogen-bond acceptors (Lipinski definition) is 16. The second-order valence-electron chi connectivity index (χ2n) is 12.1. The molecule has 0 radical (unpaired) electrons. The van der Waals surface area contributed by atoms with E-state index in [9.17, 15) is 0 Å². The Balaban J connectivity index is 0.000000140. The summed E-state index contributed by atoms with van der Waals surface area (Å²) in [5.74, 6) is 4.43. The van der Waals surface area contributed by atoms with Gasteiger partial charge in [0.2, 0.25) is 17.6 Å². The number of fused-ring (bicyclic) bond motifs is 3. The van der Waals surface area contributed by atoms with Gasteiger partial charge in [-0.15, -0.1) is 25.5 Å². The SMILES string of the molecule is CN1CCOc2nnc(CS)cc2C1.CN1CCOc2nnc(N(C)C)cc2C1.CN1CCOc2nnc(N3CCOCC3)cc2C1. The van der Waals surface area contributed by atoms with Crippen LogP contribution in [0.2, 0.25) is 0 Å². The number of rotatable bonds is 3. The van der Waals surface area contributed by atoms with Crippen LogP contribution >= 0.6 is 12.6 Å². The number of anilines is 2. The van der Waals surface area contributed by atoms with E-state index >= 15 is 0 Å². The van der Waals surface area contributed by atoms with Crippen molar-refractivity contribution in [1.82, 2.24) is 45.3 Å². The Morgan fingerprint density at radius 1 is 0.617 bits per heavy atom. The van der Waals surface area contributed by atoms with Crippen molar-refractivity contribution in [3.05, 3.63) is 40.6 Å². The van der Waals surface area contributed by atoms with Gasteiger partial charge in [0.25, 0.3) is 0 Å². The van der Waals surface area contributed by atoms with Crippen molar-refractivity contribution in [2.24, 2.45) is 0 Å². The molecule has 0 spiro atoms. The van der Waals surface area contributed by atoms with E-state index in [2.05, 4.69) is 90.0 Å². The van der Waals surface area contributed by atoms with E-state index in [1.165, 1.54) is 0 Å². The van der Waals surface area contributed by atoms with Gasteiger partial charge < -0.3 is 28.7 Å². The van der Waals surface area contributed by atoms with Gasteiger partial charge in [0.15, 0.2) is 11.6 Å². The van der Waals surface area contributed by atoms with Crippen LogP contribution in [0, 0.1) is 0 Å². The lowest BCUT2D eigenvalue weighted by Crippen LogP contribution is -2.37. The average Bonchev–Trinajstić information content (AvgIpc) is 3.48. The standard InChI is InChI=1S/C12H18N4O2.C10H16N4O.C9H13N3OS/c1-15-2-7-18-12-10(9-15)8-11(13-14-12)16-3-5-17-6-4-16;1-13(2)9-6-8-7-14(3)4-5-15-10(8)12-11-9;1-12-2-3-13-9-7(5-12)4-8(6-14)10-11-9/h8H,2-7,9H2,1H3;6H,4-5,7H2,1-3H3;4,14H,2-3,5-6H2,1H3. The van der Waals surface area contributed by atoms with E-state index in [1.54, 1.807) is 0 Å². The highest BCUT2D eigenvalue weighted by atomic mass is 32.1. The Morgan fingerprint density at radius 3 is 1.64 bits per heavy atom. The van der Waals surface area contributed by atoms with Gasteiger partial charge in [-0.05, 0) is 39.3 Å². The monoisotopic (exact) mass is 669 g/mol. The molecule has 0 aliphatic carbocycles. The number of nitrogens with zero attached hydrogens (tertiary/aromatic N) is 11.